The number of aromatic amines is 1. The van der Waals surface area contributed by atoms with Crippen molar-refractivity contribution < 1.29 is 4.74 Å². The first-order valence-corrected chi connectivity index (χ1v) is 5.94. The summed E-state index contributed by atoms with van der Waals surface area (Å²) in [7, 11) is 0. The summed E-state index contributed by atoms with van der Waals surface area (Å²) in [5.74, 6) is 1.12. The van der Waals surface area contributed by atoms with E-state index in [0.717, 1.165) is 5.56 Å². The molecule has 0 amide bonds. The van der Waals surface area contributed by atoms with Crippen LogP contribution in [0.1, 0.15) is 19.5 Å². The smallest absolute Gasteiger partial charge is 0.273 e. The third-order valence-electron chi connectivity index (χ3n) is 2.54. The van der Waals surface area contributed by atoms with Crippen molar-refractivity contribution in [2.75, 3.05) is 6.61 Å². The van der Waals surface area contributed by atoms with Gasteiger partial charge in [-0.05, 0) is 25.5 Å². The number of H-pyrrole nitrogens is 1. The second kappa shape index (κ2) is 5.44. The summed E-state index contributed by atoms with van der Waals surface area (Å²) >= 11 is 0. The second-order valence-electron chi connectivity index (χ2n) is 3.73. The van der Waals surface area contributed by atoms with Crippen LogP contribution in [0, 0.1) is 0 Å². The van der Waals surface area contributed by atoms with Crippen LogP contribution in [0.2, 0.25) is 0 Å². The standard InChI is InChI=1S/C13H15N3O2/c1-3-10-13(17)14-12(16-15-10)9-7-5-6-8-11(9)18-4-2/h5-8H,3-4H2,1-2H3,(H,14,16,17). The van der Waals surface area contributed by atoms with Gasteiger partial charge in [0.05, 0.1) is 12.2 Å². The van der Waals surface area contributed by atoms with Crippen LogP contribution in [-0.2, 0) is 6.42 Å². The predicted octanol–water partition coefficient (Wildman–Crippen LogP) is 1.79. The van der Waals surface area contributed by atoms with Crippen molar-refractivity contribution in [2.45, 2.75) is 20.3 Å². The van der Waals surface area contributed by atoms with Gasteiger partial charge in [-0.1, -0.05) is 19.1 Å². The van der Waals surface area contributed by atoms with Crippen LogP contribution in [0.3, 0.4) is 0 Å². The molecule has 0 aliphatic heterocycles. The van der Waals surface area contributed by atoms with Crippen molar-refractivity contribution in [2.24, 2.45) is 0 Å². The number of nitrogens with zero attached hydrogens (tertiary/aromatic N) is 2. The molecule has 5 heteroatoms. The summed E-state index contributed by atoms with van der Waals surface area (Å²) in [6, 6.07) is 7.43. The summed E-state index contributed by atoms with van der Waals surface area (Å²) < 4.78 is 5.50. The predicted molar refractivity (Wildman–Crippen MR) is 68.6 cm³/mol. The van der Waals surface area contributed by atoms with Gasteiger partial charge in [0.1, 0.15) is 11.4 Å². The van der Waals surface area contributed by atoms with Gasteiger partial charge in [-0.3, -0.25) is 4.79 Å². The minimum atomic E-state index is -0.200. The number of ether oxygens (including phenoxy) is 1. The van der Waals surface area contributed by atoms with Crippen molar-refractivity contribution >= 4 is 0 Å². The first kappa shape index (κ1) is 12.3. The van der Waals surface area contributed by atoms with Gasteiger partial charge >= 0.3 is 0 Å². The summed E-state index contributed by atoms with van der Waals surface area (Å²) in [5, 5.41) is 7.96. The quantitative estimate of drug-likeness (QED) is 0.891. The van der Waals surface area contributed by atoms with E-state index >= 15 is 0 Å². The molecule has 0 bridgehead atoms. The fourth-order valence-corrected chi connectivity index (χ4v) is 1.66. The lowest BCUT2D eigenvalue weighted by molar-refractivity contribution is 0.341. The third-order valence-corrected chi connectivity index (χ3v) is 2.54. The number of hydrogen-bond donors (Lipinski definition) is 1. The Bertz CT molecular complexity index is 593. The van der Waals surface area contributed by atoms with Crippen LogP contribution >= 0.6 is 0 Å². The highest BCUT2D eigenvalue weighted by molar-refractivity contribution is 5.63. The van der Waals surface area contributed by atoms with Crippen molar-refractivity contribution in [3.8, 4) is 17.1 Å². The topological polar surface area (TPSA) is 67.9 Å². The molecule has 1 N–H and O–H groups in total. The van der Waals surface area contributed by atoms with Crippen LogP contribution in [0.15, 0.2) is 29.1 Å². The lowest BCUT2D eigenvalue weighted by Gasteiger charge is -2.08. The molecule has 5 nitrogen and oxygen atoms in total. The molecule has 2 rings (SSSR count). The number of aryl methyl sites for hydroxylation is 1. The molecule has 1 aromatic carbocycles. The fourth-order valence-electron chi connectivity index (χ4n) is 1.66. The molecule has 0 fully saturated rings. The van der Waals surface area contributed by atoms with E-state index < -0.39 is 0 Å². The molecule has 2 aromatic rings. The third kappa shape index (κ3) is 2.40. The Hall–Kier alpha value is -2.17. The van der Waals surface area contributed by atoms with Gasteiger partial charge < -0.3 is 9.72 Å². The van der Waals surface area contributed by atoms with Gasteiger partial charge in [0.2, 0.25) is 0 Å². The SMILES string of the molecule is CCOc1ccccc1-c1nnc(CC)c(=O)[nH]1. The zero-order chi connectivity index (χ0) is 13.0. The maximum absolute atomic E-state index is 11.7. The first-order chi connectivity index (χ1) is 8.76. The van der Waals surface area contributed by atoms with E-state index in [1.54, 1.807) is 0 Å². The van der Waals surface area contributed by atoms with Gasteiger partial charge in [0.25, 0.3) is 5.56 Å². The molecule has 0 radical (unpaired) electrons. The Kier molecular flexibility index (Phi) is 3.72. The van der Waals surface area contributed by atoms with E-state index in [0.29, 0.717) is 30.3 Å². The molecule has 1 heterocycles. The van der Waals surface area contributed by atoms with Crippen molar-refractivity contribution in [3.63, 3.8) is 0 Å². The van der Waals surface area contributed by atoms with Crippen molar-refractivity contribution in [1.82, 2.24) is 15.2 Å². The van der Waals surface area contributed by atoms with Gasteiger partial charge in [-0.2, -0.15) is 0 Å². The number of benzene rings is 1. The minimum Gasteiger partial charge on any atom is -0.493 e. The Morgan fingerprint density at radius 3 is 2.67 bits per heavy atom. The molecule has 94 valence electrons. The number of para-hydroxylation sites is 1. The molecule has 0 atom stereocenters. The summed E-state index contributed by atoms with van der Waals surface area (Å²) in [4.78, 5) is 14.4. The van der Waals surface area contributed by atoms with Gasteiger partial charge in [0.15, 0.2) is 5.82 Å². The highest BCUT2D eigenvalue weighted by Crippen LogP contribution is 2.25. The van der Waals surface area contributed by atoms with Gasteiger partial charge in [-0.25, -0.2) is 0 Å². The second-order valence-corrected chi connectivity index (χ2v) is 3.73. The molecular weight excluding hydrogens is 230 g/mol. The fraction of sp³-hybridized carbons (Fsp3) is 0.308. The molecule has 18 heavy (non-hydrogen) atoms. The highest BCUT2D eigenvalue weighted by atomic mass is 16.5. The van der Waals surface area contributed by atoms with Crippen LogP contribution < -0.4 is 10.3 Å². The molecule has 0 aliphatic carbocycles. The molecule has 0 aliphatic rings. The number of nitrogens with one attached hydrogen (secondary N) is 1. The van der Waals surface area contributed by atoms with Crippen LogP contribution in [0.25, 0.3) is 11.4 Å². The van der Waals surface area contributed by atoms with E-state index in [9.17, 15) is 4.79 Å². The number of aromatic nitrogens is 3. The molecule has 0 saturated carbocycles. The van der Waals surface area contributed by atoms with E-state index in [1.165, 1.54) is 0 Å². The number of rotatable bonds is 4. The Morgan fingerprint density at radius 2 is 2.00 bits per heavy atom. The van der Waals surface area contributed by atoms with E-state index in [1.807, 2.05) is 38.1 Å². The lowest BCUT2D eigenvalue weighted by Crippen LogP contribution is -2.17. The van der Waals surface area contributed by atoms with E-state index in [-0.39, 0.29) is 5.56 Å². The largest absolute Gasteiger partial charge is 0.493 e. The number of hydrogen-bond acceptors (Lipinski definition) is 4. The maximum Gasteiger partial charge on any atom is 0.273 e. The maximum atomic E-state index is 11.7. The van der Waals surface area contributed by atoms with Gasteiger partial charge in [-0.15, -0.1) is 10.2 Å². The Labute approximate surface area is 105 Å². The average molecular weight is 245 g/mol. The van der Waals surface area contributed by atoms with Crippen LogP contribution in [0.5, 0.6) is 5.75 Å². The summed E-state index contributed by atoms with van der Waals surface area (Å²) in [5.41, 5.74) is 0.980. The van der Waals surface area contributed by atoms with Crippen LogP contribution in [0.4, 0.5) is 0 Å². The molecule has 1 aromatic heterocycles. The minimum absolute atomic E-state index is 0.200. The van der Waals surface area contributed by atoms with Crippen molar-refractivity contribution in [3.05, 3.63) is 40.3 Å². The molecule has 0 saturated heterocycles. The van der Waals surface area contributed by atoms with E-state index in [4.69, 9.17) is 4.74 Å². The normalized spacial score (nSPS) is 10.3. The zero-order valence-electron chi connectivity index (χ0n) is 10.4. The highest BCUT2D eigenvalue weighted by Gasteiger charge is 2.09. The van der Waals surface area contributed by atoms with Crippen LogP contribution in [-0.4, -0.2) is 21.8 Å². The molecule has 0 unspecified atom stereocenters. The molecular formula is C13H15N3O2. The summed E-state index contributed by atoms with van der Waals surface area (Å²) in [6.07, 6.45) is 0.565. The summed E-state index contributed by atoms with van der Waals surface area (Å²) in [6.45, 7) is 4.33. The molecule has 0 spiro atoms. The zero-order valence-corrected chi connectivity index (χ0v) is 10.4. The Balaban J connectivity index is 2.48. The first-order valence-electron chi connectivity index (χ1n) is 5.94. The average Bonchev–Trinajstić information content (AvgIpc) is 2.40. The monoisotopic (exact) mass is 245 g/mol. The van der Waals surface area contributed by atoms with E-state index in [2.05, 4.69) is 15.2 Å². The Morgan fingerprint density at radius 1 is 1.22 bits per heavy atom. The lowest BCUT2D eigenvalue weighted by atomic mass is 10.2. The van der Waals surface area contributed by atoms with Crippen molar-refractivity contribution in [1.29, 1.82) is 0 Å². The van der Waals surface area contributed by atoms with Gasteiger partial charge in [0, 0.05) is 0 Å².